The van der Waals surface area contributed by atoms with Crippen LogP contribution >= 0.6 is 0 Å². The van der Waals surface area contributed by atoms with Crippen molar-refractivity contribution in [1.82, 2.24) is 0 Å². The fraction of sp³-hybridized carbons (Fsp3) is 0.900. The first-order valence-electron chi connectivity index (χ1n) is 4.95. The third-order valence-electron chi connectivity index (χ3n) is 3.37. The average Bonchev–Trinajstić information content (AvgIpc) is 2.63. The van der Waals surface area contributed by atoms with Crippen LogP contribution in [-0.4, -0.2) is 12.6 Å². The van der Waals surface area contributed by atoms with E-state index >= 15 is 0 Å². The molecule has 2 saturated carbocycles. The van der Waals surface area contributed by atoms with Crippen LogP contribution < -0.4 is 0 Å². The van der Waals surface area contributed by atoms with Crippen molar-refractivity contribution in [3.05, 3.63) is 0 Å². The second kappa shape index (κ2) is 2.75. The van der Waals surface area contributed by atoms with Crippen molar-refractivity contribution in [2.24, 2.45) is 11.3 Å². The predicted molar refractivity (Wildman–Crippen MR) is 45.6 cm³/mol. The van der Waals surface area contributed by atoms with E-state index in [1.807, 2.05) is 6.92 Å². The van der Waals surface area contributed by atoms with Gasteiger partial charge in [0.25, 0.3) is 0 Å². The van der Waals surface area contributed by atoms with E-state index in [9.17, 15) is 4.79 Å². The molecule has 2 heteroatoms. The van der Waals surface area contributed by atoms with Crippen LogP contribution in [0.3, 0.4) is 0 Å². The second-order valence-electron chi connectivity index (χ2n) is 4.06. The van der Waals surface area contributed by atoms with Crippen molar-refractivity contribution in [2.45, 2.75) is 39.0 Å². The van der Waals surface area contributed by atoms with Gasteiger partial charge < -0.3 is 4.74 Å². The maximum atomic E-state index is 11.5. The summed E-state index contributed by atoms with van der Waals surface area (Å²) in [4.78, 5) is 11.5. The molecule has 0 amide bonds. The molecule has 2 aliphatic rings. The van der Waals surface area contributed by atoms with E-state index in [1.165, 1.54) is 25.7 Å². The van der Waals surface area contributed by atoms with Gasteiger partial charge in [0.15, 0.2) is 0 Å². The van der Waals surface area contributed by atoms with Gasteiger partial charge in [0.2, 0.25) is 0 Å². The molecule has 1 atom stereocenters. The molecule has 2 fully saturated rings. The number of esters is 1. The quantitative estimate of drug-likeness (QED) is 0.590. The second-order valence-corrected chi connectivity index (χ2v) is 4.06. The molecule has 0 bridgehead atoms. The maximum Gasteiger partial charge on any atom is 0.309 e. The van der Waals surface area contributed by atoms with Crippen LogP contribution in [-0.2, 0) is 9.53 Å². The van der Waals surface area contributed by atoms with Crippen molar-refractivity contribution in [3.8, 4) is 0 Å². The Bertz CT molecular complexity index is 194. The number of ether oxygens (including phenoxy) is 1. The van der Waals surface area contributed by atoms with E-state index in [1.54, 1.807) is 0 Å². The van der Waals surface area contributed by atoms with Crippen LogP contribution in [0.15, 0.2) is 0 Å². The number of rotatable bonds is 2. The molecule has 2 aliphatic carbocycles. The lowest BCUT2D eigenvalue weighted by atomic mass is 9.93. The predicted octanol–water partition coefficient (Wildman–Crippen LogP) is 2.13. The normalized spacial score (nSPS) is 30.6. The zero-order valence-corrected chi connectivity index (χ0v) is 7.64. The Morgan fingerprint density at radius 3 is 2.83 bits per heavy atom. The topological polar surface area (TPSA) is 26.3 Å². The van der Waals surface area contributed by atoms with Crippen LogP contribution in [0.4, 0.5) is 0 Å². The molecule has 2 rings (SSSR count). The fourth-order valence-electron chi connectivity index (χ4n) is 2.51. The van der Waals surface area contributed by atoms with Crippen molar-refractivity contribution >= 4 is 5.97 Å². The highest BCUT2D eigenvalue weighted by Crippen LogP contribution is 2.61. The third kappa shape index (κ3) is 1.13. The van der Waals surface area contributed by atoms with Gasteiger partial charge in [-0.2, -0.15) is 0 Å². The summed E-state index contributed by atoms with van der Waals surface area (Å²) in [6.07, 6.45) is 6.08. The molecule has 0 aromatic heterocycles. The summed E-state index contributed by atoms with van der Waals surface area (Å²) < 4.78 is 5.06. The van der Waals surface area contributed by atoms with Gasteiger partial charge in [0.1, 0.15) is 0 Å². The lowest BCUT2D eigenvalue weighted by Gasteiger charge is -2.15. The number of hydrogen-bond acceptors (Lipinski definition) is 2. The van der Waals surface area contributed by atoms with Gasteiger partial charge in [0.05, 0.1) is 12.5 Å². The van der Waals surface area contributed by atoms with Crippen LogP contribution in [0.2, 0.25) is 0 Å². The maximum absolute atomic E-state index is 11.5. The number of hydrogen-bond donors (Lipinski definition) is 0. The highest BCUT2D eigenvalue weighted by Gasteiger charge is 2.55. The summed E-state index contributed by atoms with van der Waals surface area (Å²) in [5, 5.41) is 0. The van der Waals surface area contributed by atoms with E-state index in [4.69, 9.17) is 4.74 Å². The Balaban J connectivity index is 1.98. The Morgan fingerprint density at radius 1 is 1.50 bits per heavy atom. The molecule has 0 aromatic rings. The molecule has 0 heterocycles. The average molecular weight is 168 g/mol. The van der Waals surface area contributed by atoms with E-state index in [0.717, 1.165) is 6.42 Å². The minimum absolute atomic E-state index is 0.0625. The van der Waals surface area contributed by atoms with Crippen molar-refractivity contribution in [2.75, 3.05) is 6.61 Å². The SMILES string of the molecule is CCOC(=O)[C@H]1CCCC12CC2. The fourth-order valence-corrected chi connectivity index (χ4v) is 2.51. The van der Waals surface area contributed by atoms with Crippen LogP contribution in [0.1, 0.15) is 39.0 Å². The van der Waals surface area contributed by atoms with Gasteiger partial charge in [-0.25, -0.2) is 0 Å². The lowest BCUT2D eigenvalue weighted by molar-refractivity contribution is -0.149. The molecule has 12 heavy (non-hydrogen) atoms. The zero-order chi connectivity index (χ0) is 8.60. The van der Waals surface area contributed by atoms with Crippen LogP contribution in [0, 0.1) is 11.3 Å². The molecular weight excluding hydrogens is 152 g/mol. The highest BCUT2D eigenvalue weighted by molar-refractivity contribution is 5.74. The summed E-state index contributed by atoms with van der Waals surface area (Å²) in [6, 6.07) is 0. The smallest absolute Gasteiger partial charge is 0.309 e. The molecule has 0 unspecified atom stereocenters. The first kappa shape index (κ1) is 8.09. The van der Waals surface area contributed by atoms with Crippen LogP contribution in [0.5, 0.6) is 0 Å². The number of carbonyl (C=O) groups excluding carboxylic acids is 1. The van der Waals surface area contributed by atoms with E-state index in [2.05, 4.69) is 0 Å². The Morgan fingerprint density at radius 2 is 2.25 bits per heavy atom. The largest absolute Gasteiger partial charge is 0.466 e. The van der Waals surface area contributed by atoms with Gasteiger partial charge in [-0.1, -0.05) is 6.42 Å². The Kier molecular flexibility index (Phi) is 1.85. The summed E-state index contributed by atoms with van der Waals surface area (Å²) in [7, 11) is 0. The Hall–Kier alpha value is -0.530. The summed E-state index contributed by atoms with van der Waals surface area (Å²) in [6.45, 7) is 2.41. The Labute approximate surface area is 73.3 Å². The van der Waals surface area contributed by atoms with Crippen LogP contribution in [0.25, 0.3) is 0 Å². The first-order valence-corrected chi connectivity index (χ1v) is 4.95. The molecule has 0 saturated heterocycles. The standard InChI is InChI=1S/C10H16O2/c1-2-12-9(11)8-4-3-5-10(8)6-7-10/h8H,2-7H2,1H3/t8-/m1/s1. The molecule has 0 aromatic carbocycles. The van der Waals surface area contributed by atoms with Crippen molar-refractivity contribution < 1.29 is 9.53 Å². The summed E-state index contributed by atoms with van der Waals surface area (Å²) in [5.41, 5.74) is 0.409. The molecule has 0 radical (unpaired) electrons. The minimum Gasteiger partial charge on any atom is -0.466 e. The van der Waals surface area contributed by atoms with E-state index in [-0.39, 0.29) is 11.9 Å². The first-order chi connectivity index (χ1) is 5.78. The van der Waals surface area contributed by atoms with E-state index in [0.29, 0.717) is 12.0 Å². The van der Waals surface area contributed by atoms with Gasteiger partial charge in [-0.15, -0.1) is 0 Å². The van der Waals surface area contributed by atoms with Crippen molar-refractivity contribution in [3.63, 3.8) is 0 Å². The molecule has 0 aliphatic heterocycles. The number of carbonyl (C=O) groups is 1. The third-order valence-corrected chi connectivity index (χ3v) is 3.37. The summed E-state index contributed by atoms with van der Waals surface area (Å²) >= 11 is 0. The highest BCUT2D eigenvalue weighted by atomic mass is 16.5. The molecule has 68 valence electrons. The van der Waals surface area contributed by atoms with Gasteiger partial charge in [-0.05, 0) is 38.0 Å². The monoisotopic (exact) mass is 168 g/mol. The zero-order valence-electron chi connectivity index (χ0n) is 7.64. The molecule has 1 spiro atoms. The lowest BCUT2D eigenvalue weighted by Crippen LogP contribution is -2.22. The van der Waals surface area contributed by atoms with E-state index < -0.39 is 0 Å². The summed E-state index contributed by atoms with van der Waals surface area (Å²) in [5.74, 6) is 0.310. The minimum atomic E-state index is 0.0625. The molecule has 0 N–H and O–H groups in total. The van der Waals surface area contributed by atoms with Crippen molar-refractivity contribution in [1.29, 1.82) is 0 Å². The van der Waals surface area contributed by atoms with Gasteiger partial charge in [-0.3, -0.25) is 4.79 Å². The van der Waals surface area contributed by atoms with Gasteiger partial charge >= 0.3 is 5.97 Å². The molecular formula is C10H16O2. The van der Waals surface area contributed by atoms with Gasteiger partial charge in [0, 0.05) is 0 Å². The molecule has 2 nitrogen and oxygen atoms in total.